The van der Waals surface area contributed by atoms with Crippen molar-refractivity contribution in [1.29, 1.82) is 15.8 Å². The van der Waals surface area contributed by atoms with Crippen LogP contribution in [-0.2, 0) is 6.16 Å². The van der Waals surface area contributed by atoms with Crippen molar-refractivity contribution in [2.24, 2.45) is 0 Å². The number of aliphatic hydroxyl groups is 1. The van der Waals surface area contributed by atoms with Gasteiger partial charge in [0.25, 0.3) is 0 Å². The molecule has 0 aliphatic heterocycles. The molecule has 14 rings (SSSR count). The number of aldehydes is 1. The zero-order valence-corrected chi connectivity index (χ0v) is 51.6. The van der Waals surface area contributed by atoms with Crippen LogP contribution < -0.4 is 9.80 Å². The Morgan fingerprint density at radius 3 is 1.27 bits per heavy atom. The highest BCUT2D eigenvalue weighted by molar-refractivity contribution is 7.55. The van der Waals surface area contributed by atoms with E-state index in [4.69, 9.17) is 6.57 Å². The Morgan fingerprint density at radius 2 is 0.785 bits per heavy atom. The monoisotopic (exact) mass is 1220 g/mol. The normalized spacial score (nSPS) is 10.9. The molecule has 0 bridgehead atoms. The Labute approximate surface area is 541 Å². The molecule has 448 valence electrons. The van der Waals surface area contributed by atoms with Gasteiger partial charge in [-0.2, -0.15) is 15.8 Å². The fourth-order valence-electron chi connectivity index (χ4n) is 11.9. The van der Waals surface area contributed by atoms with E-state index in [9.17, 15) is 25.7 Å². The molecule has 0 aromatic heterocycles. The molecule has 0 radical (unpaired) electrons. The van der Waals surface area contributed by atoms with Crippen molar-refractivity contribution < 1.29 is 20.9 Å². The number of hydrogen-bond acceptors (Lipinski definition) is 7. The van der Waals surface area contributed by atoms with E-state index in [1.807, 2.05) is 140 Å². The fourth-order valence-corrected chi connectivity index (χ4v) is 12.8. The number of nitrogens with zero attached hydrogens (tertiary/aromatic N) is 6. The lowest BCUT2D eigenvalue weighted by Gasteiger charge is -2.27. The summed E-state index contributed by atoms with van der Waals surface area (Å²) < 4.78 is 0. The van der Waals surface area contributed by atoms with Crippen molar-refractivity contribution in [3.05, 3.63) is 329 Å². The van der Waals surface area contributed by atoms with Gasteiger partial charge in [0.15, 0.2) is 0 Å². The highest BCUT2D eigenvalue weighted by Crippen LogP contribution is 2.43. The summed E-state index contributed by atoms with van der Waals surface area (Å²) >= 11 is 0. The standard InChI is InChI=1S/C40H25N3.C23H17NO.C19H15N2OP.2H2O/c1-42-40-36-16-8-7-15-34(36)38(27-41)35-25-22-29(26-37(35)40)19-18-28-20-23-32(24-21-28)43(31-12-3-2-4-13-31)39-17-9-11-30-10-5-6-14-33(30)39;25-17-18-13-15-21(16-14-18)24(20-9-2-1-3-10-20)23-12-6-8-19-7-4-5-11-22(19)23;1-23(12-22)11-13-6-7-16-17(8-13)19(10-21)15-5-3-2-4-14(15)18(16)9-20;;/h2-26H;1-17H;2-8,22H,11-12H2,1H3;2*1H2. The van der Waals surface area contributed by atoms with Crippen molar-refractivity contribution in [3.63, 3.8) is 0 Å². The van der Waals surface area contributed by atoms with Crippen LogP contribution in [0.5, 0.6) is 0 Å². The fraction of sp³-hybridized carbons (Fsp3) is 0.0366. The summed E-state index contributed by atoms with van der Waals surface area (Å²) in [6, 6.07) is 101. The average molecular weight is 1230 g/mol. The van der Waals surface area contributed by atoms with Gasteiger partial charge in [-0.05, 0) is 141 Å². The van der Waals surface area contributed by atoms with Crippen LogP contribution in [0.4, 0.5) is 39.8 Å². The second-order valence-electron chi connectivity index (χ2n) is 21.8. The first-order valence-electron chi connectivity index (χ1n) is 29.6. The molecule has 1 atom stereocenters. The molecule has 0 amide bonds. The van der Waals surface area contributed by atoms with Crippen molar-refractivity contribution in [2.75, 3.05) is 22.8 Å². The predicted molar refractivity (Wildman–Crippen MR) is 386 cm³/mol. The molecule has 0 saturated carbocycles. The number of para-hydroxylation sites is 2. The second kappa shape index (κ2) is 29.5. The second-order valence-corrected chi connectivity index (χ2v) is 24.1. The van der Waals surface area contributed by atoms with E-state index in [0.717, 1.165) is 106 Å². The minimum atomic E-state index is -0.462. The van der Waals surface area contributed by atoms with Gasteiger partial charge in [-0.1, -0.05) is 220 Å². The van der Waals surface area contributed by atoms with Crippen LogP contribution in [0.2, 0.25) is 0 Å². The zero-order valence-electron chi connectivity index (χ0n) is 50.7. The van der Waals surface area contributed by atoms with Gasteiger partial charge in [0.1, 0.15) is 24.5 Å². The number of carbonyl (C=O) groups is 1. The first-order valence-corrected chi connectivity index (χ1v) is 31.8. The van der Waals surface area contributed by atoms with Gasteiger partial charge in [-0.25, -0.2) is 4.85 Å². The summed E-state index contributed by atoms with van der Waals surface area (Å²) in [7, 11) is -0.462. The van der Waals surface area contributed by atoms with Crippen LogP contribution in [0, 0.1) is 40.6 Å². The molecule has 0 heterocycles. The predicted octanol–water partition coefficient (Wildman–Crippen LogP) is 20.0. The SMILES string of the molecule is CP(CO)Cc1ccc2c(C#N)c3ccccc3c(C#N)c2c1.O.O.O=Cc1ccc(N(c2ccccc2)c2cccc3ccccc23)cc1.[C-]#[N+]c1c2ccccc2c(C#N)c2ccc(C=Cc3ccc(N(c4ccccc4)c4cccc5ccccc45)cc3)cc12. The number of anilines is 6. The number of hydrogen-bond donors (Lipinski definition) is 1. The maximum absolute atomic E-state index is 11.0. The van der Waals surface area contributed by atoms with Crippen LogP contribution in [-0.4, -0.2) is 35.4 Å². The molecule has 14 aromatic rings. The first-order chi connectivity index (χ1) is 44.8. The lowest BCUT2D eigenvalue weighted by atomic mass is 9.92. The Bertz CT molecular complexity index is 5240. The van der Waals surface area contributed by atoms with Crippen LogP contribution >= 0.6 is 7.92 Å². The molecule has 10 nitrogen and oxygen atoms in total. The van der Waals surface area contributed by atoms with Gasteiger partial charge in [0.05, 0.1) is 41.0 Å². The molecule has 93 heavy (non-hydrogen) atoms. The zero-order chi connectivity index (χ0) is 62.6. The van der Waals surface area contributed by atoms with Crippen molar-refractivity contribution in [2.45, 2.75) is 6.16 Å². The highest BCUT2D eigenvalue weighted by atomic mass is 31.1. The van der Waals surface area contributed by atoms with Gasteiger partial charge in [0.2, 0.25) is 5.69 Å². The molecule has 1 unspecified atom stereocenters. The summed E-state index contributed by atoms with van der Waals surface area (Å²) in [5, 5.41) is 49.7. The highest BCUT2D eigenvalue weighted by Gasteiger charge is 2.19. The van der Waals surface area contributed by atoms with E-state index >= 15 is 0 Å². The summed E-state index contributed by atoms with van der Waals surface area (Å²) in [4.78, 5) is 19.4. The Morgan fingerprint density at radius 1 is 0.409 bits per heavy atom. The third-order valence-electron chi connectivity index (χ3n) is 16.2. The van der Waals surface area contributed by atoms with Gasteiger partial charge in [0, 0.05) is 60.6 Å². The molecule has 0 aliphatic carbocycles. The summed E-state index contributed by atoms with van der Waals surface area (Å²) in [6.45, 7) is 9.93. The lowest BCUT2D eigenvalue weighted by Crippen LogP contribution is -2.10. The van der Waals surface area contributed by atoms with Crippen molar-refractivity contribution in [3.8, 4) is 18.2 Å². The quantitative estimate of drug-likeness (QED) is 0.0415. The van der Waals surface area contributed by atoms with Gasteiger partial charge < -0.3 is 25.9 Å². The number of nitriles is 3. The van der Waals surface area contributed by atoms with E-state index in [1.165, 1.54) is 21.5 Å². The lowest BCUT2D eigenvalue weighted by molar-refractivity contribution is 0.112. The molecule has 0 saturated heterocycles. The molecule has 0 spiro atoms. The van der Waals surface area contributed by atoms with Crippen molar-refractivity contribution in [1.82, 2.24) is 0 Å². The average Bonchev–Trinajstić information content (AvgIpc) is 0.792. The summed E-state index contributed by atoms with van der Waals surface area (Å²) in [6.07, 6.45) is 6.01. The summed E-state index contributed by atoms with van der Waals surface area (Å²) in [5.74, 6) is 0. The maximum Gasteiger partial charge on any atom is 0.202 e. The van der Waals surface area contributed by atoms with E-state index in [-0.39, 0.29) is 17.3 Å². The number of benzene rings is 14. The van der Waals surface area contributed by atoms with Crippen LogP contribution in [0.25, 0.3) is 81.6 Å². The first kappa shape index (κ1) is 63.9. The number of rotatable bonds is 12. The van der Waals surface area contributed by atoms with E-state index in [1.54, 1.807) is 0 Å². The van der Waals surface area contributed by atoms with Gasteiger partial charge in [-0.3, -0.25) is 4.79 Å². The van der Waals surface area contributed by atoms with Crippen molar-refractivity contribution >= 4 is 131 Å². The van der Waals surface area contributed by atoms with Gasteiger partial charge >= 0.3 is 0 Å². The largest absolute Gasteiger partial charge is 0.412 e. The minimum absolute atomic E-state index is 0. The Hall–Kier alpha value is -12.1. The molecular weight excluding hydrogens is 1160 g/mol. The van der Waals surface area contributed by atoms with Crippen LogP contribution in [0.15, 0.2) is 279 Å². The minimum Gasteiger partial charge on any atom is -0.412 e. The molecule has 0 aliphatic rings. The van der Waals surface area contributed by atoms with Gasteiger partial charge in [-0.15, -0.1) is 0 Å². The molecular formula is C82H61N6O4P. The summed E-state index contributed by atoms with van der Waals surface area (Å²) in [5.41, 5.74) is 12.7. The third-order valence-corrected chi connectivity index (χ3v) is 17.6. The maximum atomic E-state index is 11.0. The van der Waals surface area contributed by atoms with E-state index < -0.39 is 7.92 Å². The third kappa shape index (κ3) is 13.3. The molecule has 0 fully saturated rings. The Kier molecular flexibility index (Phi) is 20.3. The number of aliphatic hydroxyl groups excluding tert-OH is 1. The van der Waals surface area contributed by atoms with Crippen LogP contribution in [0.3, 0.4) is 0 Å². The molecule has 14 aromatic carbocycles. The smallest absolute Gasteiger partial charge is 0.202 e. The molecule has 11 heteroatoms. The Balaban J connectivity index is 0.000000162. The number of fused-ring (bicyclic) bond motifs is 6. The number of carbonyl (C=O) groups excluding carboxylic acids is 1. The van der Waals surface area contributed by atoms with E-state index in [0.29, 0.717) is 27.9 Å². The van der Waals surface area contributed by atoms with E-state index in [2.05, 4.69) is 191 Å². The topological polar surface area (TPSA) is 183 Å². The molecule has 5 N–H and O–H groups in total. The van der Waals surface area contributed by atoms with Crippen LogP contribution in [0.1, 0.15) is 43.7 Å².